The molecule has 3 amide bonds. The number of aryl methyl sites for hydroxylation is 2. The summed E-state index contributed by atoms with van der Waals surface area (Å²) in [6.45, 7) is 6.58. The van der Waals surface area contributed by atoms with Crippen LogP contribution in [0.3, 0.4) is 0 Å². The summed E-state index contributed by atoms with van der Waals surface area (Å²) in [6, 6.07) is 11.2. The Hall–Kier alpha value is -3.68. The van der Waals surface area contributed by atoms with Gasteiger partial charge in [0.1, 0.15) is 6.04 Å². The number of carbonyl (C=O) groups is 4. The number of imide groups is 1. The largest absolute Gasteiger partial charge is 0.480 e. The van der Waals surface area contributed by atoms with Crippen molar-refractivity contribution in [2.45, 2.75) is 32.7 Å². The topological polar surface area (TPSA) is 98.2 Å². The summed E-state index contributed by atoms with van der Waals surface area (Å²) in [4.78, 5) is 54.8. The molecule has 1 atom stereocenters. The number of carbonyl (C=O) groups excluding carboxylic acids is 3. The number of amides is 3. The zero-order valence-corrected chi connectivity index (χ0v) is 18.8. The zero-order chi connectivity index (χ0) is 23.7. The molecule has 2 aliphatic heterocycles. The molecule has 0 spiro atoms. The summed E-state index contributed by atoms with van der Waals surface area (Å²) in [5, 5.41) is 9.70. The van der Waals surface area contributed by atoms with Crippen LogP contribution < -0.4 is 4.90 Å². The summed E-state index contributed by atoms with van der Waals surface area (Å²) in [7, 11) is 0. The van der Waals surface area contributed by atoms with Crippen LogP contribution in [0.4, 0.5) is 5.69 Å². The van der Waals surface area contributed by atoms with E-state index in [-0.39, 0.29) is 29.9 Å². The van der Waals surface area contributed by atoms with Crippen molar-refractivity contribution in [3.8, 4) is 0 Å². The van der Waals surface area contributed by atoms with Crippen molar-refractivity contribution in [2.24, 2.45) is 0 Å². The predicted octanol–water partition coefficient (Wildman–Crippen LogP) is 2.48. The molecule has 8 heteroatoms. The minimum absolute atomic E-state index is 0.0478. The van der Waals surface area contributed by atoms with Gasteiger partial charge in [0, 0.05) is 38.3 Å². The Morgan fingerprint density at radius 2 is 1.55 bits per heavy atom. The van der Waals surface area contributed by atoms with Gasteiger partial charge in [0.15, 0.2) is 0 Å². The molecule has 0 aromatic heterocycles. The van der Waals surface area contributed by atoms with Crippen molar-refractivity contribution in [1.29, 1.82) is 0 Å². The van der Waals surface area contributed by atoms with Gasteiger partial charge < -0.3 is 14.9 Å². The number of rotatable bonds is 6. The fraction of sp³-hybridized carbons (Fsp3) is 0.360. The summed E-state index contributed by atoms with van der Waals surface area (Å²) in [6.07, 6.45) is -0.162. The van der Waals surface area contributed by atoms with Gasteiger partial charge in [-0.1, -0.05) is 24.3 Å². The van der Waals surface area contributed by atoms with Gasteiger partial charge in [-0.25, -0.2) is 4.79 Å². The van der Waals surface area contributed by atoms with Crippen LogP contribution in [-0.4, -0.2) is 70.8 Å². The Bertz CT molecular complexity index is 1090. The molecule has 8 nitrogen and oxygen atoms in total. The maximum atomic E-state index is 12.8. The molecule has 172 valence electrons. The van der Waals surface area contributed by atoms with Crippen molar-refractivity contribution >= 4 is 29.4 Å². The first kappa shape index (κ1) is 22.5. The normalized spacial score (nSPS) is 16.7. The number of carboxylic acid groups (broad SMARTS) is 1. The van der Waals surface area contributed by atoms with Crippen LogP contribution in [0.25, 0.3) is 0 Å². The monoisotopic (exact) mass is 449 g/mol. The highest BCUT2D eigenvalue weighted by atomic mass is 16.4. The average Bonchev–Trinajstić information content (AvgIpc) is 3.06. The molecule has 2 aromatic carbocycles. The molecule has 1 N–H and O–H groups in total. The number of benzene rings is 2. The SMILES string of the molecule is Cc1ccc(C)c(N2CCN(C(=O)CC[C@@H](C(=O)O)N3C(=O)c4ccccc4C3=O)CC2)c1. The van der Waals surface area contributed by atoms with Crippen molar-refractivity contribution in [3.63, 3.8) is 0 Å². The highest BCUT2D eigenvalue weighted by Crippen LogP contribution is 2.27. The molecule has 0 saturated carbocycles. The third-order valence-electron chi connectivity index (χ3n) is 6.39. The van der Waals surface area contributed by atoms with E-state index < -0.39 is 23.8 Å². The number of nitrogens with zero attached hydrogens (tertiary/aromatic N) is 3. The second-order valence-electron chi connectivity index (χ2n) is 8.58. The minimum atomic E-state index is -1.38. The van der Waals surface area contributed by atoms with E-state index in [1.165, 1.54) is 28.9 Å². The van der Waals surface area contributed by atoms with Crippen molar-refractivity contribution in [2.75, 3.05) is 31.1 Å². The van der Waals surface area contributed by atoms with Crippen LogP contribution in [0.1, 0.15) is 44.7 Å². The Morgan fingerprint density at radius 1 is 0.939 bits per heavy atom. The lowest BCUT2D eigenvalue weighted by atomic mass is 10.1. The van der Waals surface area contributed by atoms with Crippen LogP contribution in [0, 0.1) is 13.8 Å². The summed E-state index contributed by atoms with van der Waals surface area (Å²) in [5.41, 5.74) is 3.93. The molecule has 2 heterocycles. The van der Waals surface area contributed by atoms with Crippen LogP contribution in [0.5, 0.6) is 0 Å². The van der Waals surface area contributed by atoms with Gasteiger partial charge in [0.25, 0.3) is 11.8 Å². The third kappa shape index (κ3) is 4.33. The maximum Gasteiger partial charge on any atom is 0.326 e. The number of fused-ring (bicyclic) bond motifs is 1. The summed E-state index contributed by atoms with van der Waals surface area (Å²) >= 11 is 0. The zero-order valence-electron chi connectivity index (χ0n) is 18.8. The number of hydrogen-bond acceptors (Lipinski definition) is 5. The number of carboxylic acids is 1. The summed E-state index contributed by atoms with van der Waals surface area (Å²) < 4.78 is 0. The van der Waals surface area contributed by atoms with Gasteiger partial charge in [-0.2, -0.15) is 0 Å². The number of piperazine rings is 1. The van der Waals surface area contributed by atoms with Crippen LogP contribution in [0.15, 0.2) is 42.5 Å². The lowest BCUT2D eigenvalue weighted by molar-refractivity contribution is -0.142. The molecule has 2 aromatic rings. The number of hydrogen-bond donors (Lipinski definition) is 1. The van der Waals surface area contributed by atoms with E-state index in [0.717, 1.165) is 4.90 Å². The second-order valence-corrected chi connectivity index (χ2v) is 8.58. The first-order chi connectivity index (χ1) is 15.8. The molecule has 0 unspecified atom stereocenters. The molecular weight excluding hydrogens is 422 g/mol. The molecule has 1 fully saturated rings. The number of aliphatic carboxylic acids is 1. The van der Waals surface area contributed by atoms with Gasteiger partial charge in [0.05, 0.1) is 11.1 Å². The molecule has 0 aliphatic carbocycles. The fourth-order valence-electron chi connectivity index (χ4n) is 4.53. The Kier molecular flexibility index (Phi) is 6.18. The Labute approximate surface area is 192 Å². The van der Waals surface area contributed by atoms with Gasteiger partial charge in [0.2, 0.25) is 5.91 Å². The van der Waals surface area contributed by atoms with Crippen molar-refractivity contribution in [1.82, 2.24) is 9.80 Å². The highest BCUT2D eigenvalue weighted by Gasteiger charge is 2.42. The van der Waals surface area contributed by atoms with E-state index in [9.17, 15) is 24.3 Å². The van der Waals surface area contributed by atoms with E-state index in [1.807, 2.05) is 0 Å². The van der Waals surface area contributed by atoms with E-state index >= 15 is 0 Å². The average molecular weight is 450 g/mol. The van der Waals surface area contributed by atoms with Crippen LogP contribution in [-0.2, 0) is 9.59 Å². The first-order valence-electron chi connectivity index (χ1n) is 11.1. The first-order valence-corrected chi connectivity index (χ1v) is 11.1. The third-order valence-corrected chi connectivity index (χ3v) is 6.39. The second kappa shape index (κ2) is 9.05. The van der Waals surface area contributed by atoms with Gasteiger partial charge >= 0.3 is 5.97 Å². The quantitative estimate of drug-likeness (QED) is 0.681. The molecular formula is C25H27N3O5. The van der Waals surface area contributed by atoms with E-state index in [1.54, 1.807) is 17.0 Å². The highest BCUT2D eigenvalue weighted by molar-refractivity contribution is 6.22. The van der Waals surface area contributed by atoms with E-state index in [2.05, 4.69) is 36.9 Å². The van der Waals surface area contributed by atoms with Gasteiger partial charge in [-0.3, -0.25) is 19.3 Å². The standard InChI is InChI=1S/C25H27N3O5/c1-16-7-8-17(2)21(15-16)26-11-13-27(14-12-26)22(29)10-9-20(25(32)33)28-23(30)18-5-3-4-6-19(18)24(28)31/h3-8,15,20H,9-14H2,1-2H3,(H,32,33)/t20-/m0/s1. The summed E-state index contributed by atoms with van der Waals surface area (Å²) in [5.74, 6) is -2.72. The van der Waals surface area contributed by atoms with Gasteiger partial charge in [-0.05, 0) is 49.6 Å². The molecule has 1 saturated heterocycles. The van der Waals surface area contributed by atoms with Crippen molar-refractivity contribution in [3.05, 3.63) is 64.7 Å². The van der Waals surface area contributed by atoms with Crippen molar-refractivity contribution < 1.29 is 24.3 Å². The Morgan fingerprint density at radius 3 is 2.12 bits per heavy atom. The Balaban J connectivity index is 1.37. The molecule has 4 rings (SSSR count). The molecule has 0 radical (unpaired) electrons. The smallest absolute Gasteiger partial charge is 0.326 e. The lowest BCUT2D eigenvalue weighted by Gasteiger charge is -2.37. The predicted molar refractivity (Wildman–Crippen MR) is 122 cm³/mol. The van der Waals surface area contributed by atoms with Gasteiger partial charge in [-0.15, -0.1) is 0 Å². The maximum absolute atomic E-state index is 12.8. The lowest BCUT2D eigenvalue weighted by Crippen LogP contribution is -2.50. The molecule has 33 heavy (non-hydrogen) atoms. The molecule has 0 bridgehead atoms. The number of anilines is 1. The van der Waals surface area contributed by atoms with Crippen LogP contribution >= 0.6 is 0 Å². The minimum Gasteiger partial charge on any atom is -0.480 e. The van der Waals surface area contributed by atoms with E-state index in [4.69, 9.17) is 0 Å². The van der Waals surface area contributed by atoms with Crippen LogP contribution in [0.2, 0.25) is 0 Å². The molecule has 2 aliphatic rings. The van der Waals surface area contributed by atoms with E-state index in [0.29, 0.717) is 26.2 Å². The fourth-order valence-corrected chi connectivity index (χ4v) is 4.53.